The average Bonchev–Trinajstić information content (AvgIpc) is 2.85. The first-order valence-corrected chi connectivity index (χ1v) is 6.25. The van der Waals surface area contributed by atoms with E-state index in [1.54, 1.807) is 14.0 Å². The number of hydrazone groups is 1. The Labute approximate surface area is 114 Å². The smallest absolute Gasteiger partial charge is 0.285 e. The highest BCUT2D eigenvalue weighted by molar-refractivity contribution is 7.07. The van der Waals surface area contributed by atoms with Gasteiger partial charge in [0.05, 0.1) is 19.0 Å². The van der Waals surface area contributed by atoms with E-state index in [2.05, 4.69) is 20.1 Å². The summed E-state index contributed by atoms with van der Waals surface area (Å²) in [7, 11) is 1.58. The van der Waals surface area contributed by atoms with Gasteiger partial charge in [-0.1, -0.05) is 16.6 Å². The number of aryl methyl sites for hydroxylation is 1. The zero-order valence-electron chi connectivity index (χ0n) is 10.5. The average molecular weight is 276 g/mol. The van der Waals surface area contributed by atoms with Crippen LogP contribution in [0.25, 0.3) is 0 Å². The summed E-state index contributed by atoms with van der Waals surface area (Å²) in [6.45, 7) is 1.72. The van der Waals surface area contributed by atoms with Crippen LogP contribution in [0, 0.1) is 6.92 Å². The fourth-order valence-electron chi connectivity index (χ4n) is 1.42. The molecular weight excluding hydrogens is 264 g/mol. The van der Waals surface area contributed by atoms with Crippen molar-refractivity contribution in [3.05, 3.63) is 40.4 Å². The third-order valence-electron chi connectivity index (χ3n) is 2.37. The number of methoxy groups -OCH3 is 1. The van der Waals surface area contributed by atoms with Crippen molar-refractivity contribution in [2.45, 2.75) is 6.92 Å². The quantitative estimate of drug-likeness (QED) is 0.680. The number of carbonyl (C=O) groups excluding carboxylic acids is 1. The lowest BCUT2D eigenvalue weighted by Gasteiger charge is -2.02. The maximum Gasteiger partial charge on any atom is 0.285 e. The van der Waals surface area contributed by atoms with Gasteiger partial charge in [0.2, 0.25) is 0 Å². The van der Waals surface area contributed by atoms with Gasteiger partial charge >= 0.3 is 0 Å². The van der Waals surface area contributed by atoms with Crippen LogP contribution in [0.3, 0.4) is 0 Å². The van der Waals surface area contributed by atoms with Crippen molar-refractivity contribution in [3.63, 3.8) is 0 Å². The topological polar surface area (TPSA) is 76.5 Å². The van der Waals surface area contributed by atoms with Gasteiger partial charge in [0, 0.05) is 5.56 Å². The number of nitrogens with zero attached hydrogens (tertiary/aromatic N) is 3. The van der Waals surface area contributed by atoms with Crippen LogP contribution in [0.4, 0.5) is 0 Å². The van der Waals surface area contributed by atoms with E-state index < -0.39 is 0 Å². The molecule has 98 valence electrons. The predicted molar refractivity (Wildman–Crippen MR) is 72.7 cm³/mol. The molecule has 0 saturated heterocycles. The van der Waals surface area contributed by atoms with E-state index in [0.29, 0.717) is 16.3 Å². The molecule has 0 fully saturated rings. The molecule has 6 nitrogen and oxygen atoms in total. The van der Waals surface area contributed by atoms with E-state index in [1.807, 2.05) is 24.3 Å². The predicted octanol–water partition coefficient (Wildman–Crippen LogP) is 1.62. The minimum atomic E-state index is -0.321. The van der Waals surface area contributed by atoms with E-state index in [-0.39, 0.29) is 5.91 Å². The molecule has 2 rings (SSSR count). The Kier molecular flexibility index (Phi) is 4.19. The van der Waals surface area contributed by atoms with E-state index in [9.17, 15) is 4.79 Å². The Morgan fingerprint density at radius 3 is 2.95 bits per heavy atom. The van der Waals surface area contributed by atoms with Gasteiger partial charge < -0.3 is 4.74 Å². The molecule has 1 N–H and O–H groups in total. The number of carbonyl (C=O) groups is 1. The van der Waals surface area contributed by atoms with E-state index in [1.165, 1.54) is 6.21 Å². The second kappa shape index (κ2) is 6.05. The lowest BCUT2D eigenvalue weighted by Crippen LogP contribution is -2.17. The van der Waals surface area contributed by atoms with Crippen molar-refractivity contribution >= 4 is 23.7 Å². The van der Waals surface area contributed by atoms with Crippen molar-refractivity contribution in [1.29, 1.82) is 0 Å². The maximum atomic E-state index is 11.7. The molecule has 0 bridgehead atoms. The van der Waals surface area contributed by atoms with E-state index in [4.69, 9.17) is 4.74 Å². The fourth-order valence-corrected chi connectivity index (χ4v) is 1.97. The Bertz CT molecular complexity index is 609. The molecule has 1 aromatic heterocycles. The molecule has 0 spiro atoms. The van der Waals surface area contributed by atoms with Crippen LogP contribution in [-0.2, 0) is 0 Å². The number of ether oxygens (including phenoxy) is 1. The van der Waals surface area contributed by atoms with Gasteiger partial charge in [0.25, 0.3) is 5.91 Å². The van der Waals surface area contributed by atoms with Crippen LogP contribution in [0.1, 0.15) is 20.9 Å². The summed E-state index contributed by atoms with van der Waals surface area (Å²) in [5.41, 5.74) is 3.81. The highest BCUT2D eigenvalue weighted by Gasteiger charge is 2.11. The summed E-state index contributed by atoms with van der Waals surface area (Å²) in [4.78, 5) is 12.2. The monoisotopic (exact) mass is 276 g/mol. The first kappa shape index (κ1) is 13.2. The minimum Gasteiger partial charge on any atom is -0.496 e. The lowest BCUT2D eigenvalue weighted by atomic mass is 10.2. The Morgan fingerprint density at radius 1 is 1.47 bits per heavy atom. The molecule has 0 aliphatic rings. The SMILES string of the molecule is COc1ccccc1C=NNC(=O)c1snnc1C. The highest BCUT2D eigenvalue weighted by atomic mass is 32.1. The van der Waals surface area contributed by atoms with Crippen molar-refractivity contribution in [1.82, 2.24) is 15.0 Å². The van der Waals surface area contributed by atoms with Crippen molar-refractivity contribution in [2.24, 2.45) is 5.10 Å². The van der Waals surface area contributed by atoms with Gasteiger partial charge in [-0.15, -0.1) is 5.10 Å². The summed E-state index contributed by atoms with van der Waals surface area (Å²) in [5, 5.41) is 7.66. The van der Waals surface area contributed by atoms with Crippen molar-refractivity contribution < 1.29 is 9.53 Å². The number of benzene rings is 1. The van der Waals surface area contributed by atoms with Crippen LogP contribution in [0.2, 0.25) is 0 Å². The number of hydrogen-bond donors (Lipinski definition) is 1. The standard InChI is InChI=1S/C12H12N4O2S/c1-8-11(19-16-14-8)12(17)15-13-7-9-5-3-4-6-10(9)18-2/h3-7H,1-2H3,(H,15,17). The third kappa shape index (κ3) is 3.14. The second-order valence-corrected chi connectivity index (χ2v) is 4.38. The maximum absolute atomic E-state index is 11.7. The van der Waals surface area contributed by atoms with Gasteiger partial charge in [-0.25, -0.2) is 5.43 Å². The number of rotatable bonds is 4. The number of aromatic nitrogens is 2. The molecule has 0 aliphatic heterocycles. The molecule has 7 heteroatoms. The first-order valence-electron chi connectivity index (χ1n) is 5.47. The van der Waals surface area contributed by atoms with Crippen molar-refractivity contribution in [2.75, 3.05) is 7.11 Å². The second-order valence-electron chi connectivity index (χ2n) is 3.63. The Hall–Kier alpha value is -2.28. The van der Waals surface area contributed by atoms with Gasteiger partial charge in [-0.2, -0.15) is 5.10 Å². The lowest BCUT2D eigenvalue weighted by molar-refractivity contribution is 0.0958. The molecule has 1 aromatic carbocycles. The summed E-state index contributed by atoms with van der Waals surface area (Å²) in [6.07, 6.45) is 1.53. The fraction of sp³-hybridized carbons (Fsp3) is 0.167. The van der Waals surface area contributed by atoms with Gasteiger partial charge in [-0.3, -0.25) is 4.79 Å². The van der Waals surface area contributed by atoms with Crippen LogP contribution < -0.4 is 10.2 Å². The van der Waals surface area contributed by atoms with E-state index >= 15 is 0 Å². The summed E-state index contributed by atoms with van der Waals surface area (Å²) in [5.74, 6) is 0.370. The molecule has 1 amide bonds. The highest BCUT2D eigenvalue weighted by Crippen LogP contribution is 2.14. The van der Waals surface area contributed by atoms with Crippen LogP contribution in [0.5, 0.6) is 5.75 Å². The Balaban J connectivity index is 2.04. The summed E-state index contributed by atoms with van der Waals surface area (Å²) >= 11 is 1.04. The number of nitrogens with one attached hydrogen (secondary N) is 1. The molecule has 1 heterocycles. The van der Waals surface area contributed by atoms with Crippen LogP contribution >= 0.6 is 11.5 Å². The molecule has 0 saturated carbocycles. The van der Waals surface area contributed by atoms with Gasteiger partial charge in [-0.05, 0) is 30.6 Å². The van der Waals surface area contributed by atoms with Gasteiger partial charge in [0.1, 0.15) is 10.6 Å². The number of para-hydroxylation sites is 1. The summed E-state index contributed by atoms with van der Waals surface area (Å²) in [6, 6.07) is 7.39. The molecule has 0 unspecified atom stereocenters. The molecular formula is C12H12N4O2S. The molecule has 2 aromatic rings. The first-order chi connectivity index (χ1) is 9.22. The minimum absolute atomic E-state index is 0.321. The van der Waals surface area contributed by atoms with Crippen molar-refractivity contribution in [3.8, 4) is 5.75 Å². The third-order valence-corrected chi connectivity index (χ3v) is 3.19. The Morgan fingerprint density at radius 2 is 2.26 bits per heavy atom. The normalized spacial score (nSPS) is 10.6. The van der Waals surface area contributed by atoms with E-state index in [0.717, 1.165) is 17.1 Å². The molecule has 19 heavy (non-hydrogen) atoms. The van der Waals surface area contributed by atoms with Crippen LogP contribution in [0.15, 0.2) is 29.4 Å². The molecule has 0 atom stereocenters. The van der Waals surface area contributed by atoms with Gasteiger partial charge in [0.15, 0.2) is 0 Å². The zero-order valence-corrected chi connectivity index (χ0v) is 11.3. The molecule has 0 radical (unpaired) electrons. The molecule has 0 aliphatic carbocycles. The summed E-state index contributed by atoms with van der Waals surface area (Å²) < 4.78 is 8.87. The number of hydrogen-bond acceptors (Lipinski definition) is 6. The number of amides is 1. The largest absolute Gasteiger partial charge is 0.496 e. The zero-order chi connectivity index (χ0) is 13.7. The van der Waals surface area contributed by atoms with Crippen LogP contribution in [-0.4, -0.2) is 28.8 Å².